The number of hydrogen-bond acceptors (Lipinski definition) is 3. The van der Waals surface area contributed by atoms with Crippen molar-refractivity contribution in [1.29, 1.82) is 0 Å². The summed E-state index contributed by atoms with van der Waals surface area (Å²) in [4.78, 5) is 25.9. The van der Waals surface area contributed by atoms with E-state index in [9.17, 15) is 9.59 Å². The molecule has 1 amide bonds. The number of halogens is 1. The van der Waals surface area contributed by atoms with Crippen LogP contribution in [0.2, 0.25) is 0 Å². The lowest BCUT2D eigenvalue weighted by molar-refractivity contribution is -0.119. The summed E-state index contributed by atoms with van der Waals surface area (Å²) in [6, 6.07) is 12.8. The van der Waals surface area contributed by atoms with Gasteiger partial charge in [-0.05, 0) is 89.2 Å². The highest BCUT2D eigenvalue weighted by molar-refractivity contribution is 14.1. The molecule has 0 spiro atoms. The minimum atomic E-state index is -0.986. The molecule has 3 N–H and O–H groups in total. The molecule has 148 valence electrons. The Kier molecular flexibility index (Phi) is 6.59. The van der Waals surface area contributed by atoms with Crippen molar-refractivity contribution in [2.45, 2.75) is 38.0 Å². The highest BCUT2D eigenvalue weighted by Crippen LogP contribution is 2.39. The van der Waals surface area contributed by atoms with E-state index in [1.54, 1.807) is 12.1 Å². The van der Waals surface area contributed by atoms with Gasteiger partial charge in [0.1, 0.15) is 0 Å². The smallest absolute Gasteiger partial charge is 0.335 e. The number of carbonyl (C=O) groups is 2. The molecule has 0 bridgehead atoms. The average Bonchev–Trinajstić information content (AvgIpc) is 2.68. The molecule has 2 aromatic rings. The summed E-state index contributed by atoms with van der Waals surface area (Å²) in [5.41, 5.74) is 9.02. The van der Waals surface area contributed by atoms with Crippen molar-refractivity contribution < 1.29 is 14.7 Å². The molecule has 3 rings (SSSR count). The van der Waals surface area contributed by atoms with E-state index in [2.05, 4.69) is 45.7 Å². The summed E-state index contributed by atoms with van der Waals surface area (Å²) < 4.78 is 1.12. The first-order chi connectivity index (χ1) is 13.4. The van der Waals surface area contributed by atoms with E-state index in [0.29, 0.717) is 0 Å². The Morgan fingerprint density at radius 1 is 1.07 bits per heavy atom. The molecule has 28 heavy (non-hydrogen) atoms. The maximum absolute atomic E-state index is 12.4. The van der Waals surface area contributed by atoms with Gasteiger partial charge in [0, 0.05) is 22.3 Å². The van der Waals surface area contributed by atoms with E-state index in [1.807, 2.05) is 6.92 Å². The number of carboxylic acid groups (broad SMARTS) is 1. The first-order valence-corrected chi connectivity index (χ1v) is 10.6. The Labute approximate surface area is 179 Å². The van der Waals surface area contributed by atoms with Crippen LogP contribution in [0.4, 0.5) is 5.69 Å². The third kappa shape index (κ3) is 4.48. The number of amides is 1. The van der Waals surface area contributed by atoms with Gasteiger partial charge in [0.05, 0.1) is 11.5 Å². The lowest BCUT2D eigenvalue weighted by atomic mass is 9.81. The Morgan fingerprint density at radius 3 is 2.29 bits per heavy atom. The van der Waals surface area contributed by atoms with Crippen LogP contribution >= 0.6 is 22.6 Å². The number of piperidine rings is 1. The molecule has 0 aromatic heterocycles. The Bertz CT molecular complexity index is 861. The Hall–Kier alpha value is -2.09. The summed E-state index contributed by atoms with van der Waals surface area (Å²) >= 11 is 2.29. The first-order valence-electron chi connectivity index (χ1n) is 9.55. The zero-order valence-corrected chi connectivity index (χ0v) is 18.1. The topological polar surface area (TPSA) is 83.6 Å². The highest BCUT2D eigenvalue weighted by Gasteiger charge is 2.29. The van der Waals surface area contributed by atoms with Crippen LogP contribution in [0.25, 0.3) is 0 Å². The van der Waals surface area contributed by atoms with Gasteiger partial charge in [0.15, 0.2) is 0 Å². The van der Waals surface area contributed by atoms with Crippen LogP contribution in [0.5, 0.6) is 0 Å². The molecule has 1 saturated heterocycles. The monoisotopic (exact) mass is 492 g/mol. The van der Waals surface area contributed by atoms with Crippen LogP contribution in [-0.2, 0) is 4.79 Å². The third-order valence-corrected chi connectivity index (χ3v) is 6.17. The van der Waals surface area contributed by atoms with Gasteiger partial charge in [0.25, 0.3) is 0 Å². The van der Waals surface area contributed by atoms with Crippen molar-refractivity contribution in [3.63, 3.8) is 0 Å². The molecule has 2 unspecified atom stereocenters. The number of hydrogen-bond donors (Lipinski definition) is 2. The van der Waals surface area contributed by atoms with Crippen molar-refractivity contribution in [3.05, 3.63) is 62.7 Å². The first kappa shape index (κ1) is 20.6. The van der Waals surface area contributed by atoms with Crippen molar-refractivity contribution in [1.82, 2.24) is 0 Å². The van der Waals surface area contributed by atoms with E-state index >= 15 is 0 Å². The Morgan fingerprint density at radius 2 is 1.71 bits per heavy atom. The fourth-order valence-electron chi connectivity index (χ4n) is 4.02. The molecule has 1 aliphatic rings. The normalized spacial score (nSPS) is 16.4. The number of carboxylic acids is 1. The second-order valence-electron chi connectivity index (χ2n) is 7.35. The van der Waals surface area contributed by atoms with Crippen molar-refractivity contribution >= 4 is 40.2 Å². The van der Waals surface area contributed by atoms with Gasteiger partial charge in [-0.3, -0.25) is 4.79 Å². The molecule has 0 aliphatic carbocycles. The molecule has 2 atom stereocenters. The van der Waals surface area contributed by atoms with Gasteiger partial charge in [0.2, 0.25) is 5.91 Å². The van der Waals surface area contributed by atoms with Crippen LogP contribution in [-0.4, -0.2) is 30.1 Å². The standard InChI is InChI=1S/C22H25IN2O3/c1-14(20(21(24)26)15-5-7-16(8-6-15)22(27)28)18-13-17(23)9-10-19(18)25-11-3-2-4-12-25/h5-10,13-14,20H,2-4,11-12H2,1H3,(H2,24,26)(H,27,28). The summed E-state index contributed by atoms with van der Waals surface area (Å²) in [5.74, 6) is -2.04. The van der Waals surface area contributed by atoms with E-state index in [0.717, 1.165) is 27.8 Å². The van der Waals surface area contributed by atoms with Gasteiger partial charge in [-0.25, -0.2) is 4.79 Å². The highest BCUT2D eigenvalue weighted by atomic mass is 127. The maximum Gasteiger partial charge on any atom is 0.335 e. The van der Waals surface area contributed by atoms with Gasteiger partial charge in [-0.2, -0.15) is 0 Å². The Balaban J connectivity index is 1.99. The summed E-state index contributed by atoms with van der Waals surface area (Å²) in [7, 11) is 0. The van der Waals surface area contributed by atoms with Crippen LogP contribution in [0.1, 0.15) is 59.5 Å². The van der Waals surface area contributed by atoms with Crippen LogP contribution in [0, 0.1) is 3.57 Å². The third-order valence-electron chi connectivity index (χ3n) is 5.50. The number of nitrogens with two attached hydrogens (primary N) is 1. The van der Waals surface area contributed by atoms with Crippen LogP contribution in [0.15, 0.2) is 42.5 Å². The zero-order chi connectivity index (χ0) is 20.3. The minimum absolute atomic E-state index is 0.125. The summed E-state index contributed by atoms with van der Waals surface area (Å²) in [6.45, 7) is 4.07. The molecular formula is C22H25IN2O3. The molecular weight excluding hydrogens is 467 g/mol. The predicted molar refractivity (Wildman–Crippen MR) is 119 cm³/mol. The van der Waals surface area contributed by atoms with Gasteiger partial charge < -0.3 is 15.7 Å². The lowest BCUT2D eigenvalue weighted by Crippen LogP contribution is -2.32. The van der Waals surface area contributed by atoms with E-state index in [-0.39, 0.29) is 11.5 Å². The van der Waals surface area contributed by atoms with Crippen LogP contribution < -0.4 is 10.6 Å². The number of rotatable bonds is 6. The number of primary amides is 1. The minimum Gasteiger partial charge on any atom is -0.478 e. The van der Waals surface area contributed by atoms with Crippen LogP contribution in [0.3, 0.4) is 0 Å². The number of aromatic carboxylic acids is 1. The average molecular weight is 492 g/mol. The largest absolute Gasteiger partial charge is 0.478 e. The van der Waals surface area contributed by atoms with Gasteiger partial charge in [-0.15, -0.1) is 0 Å². The van der Waals surface area contributed by atoms with Crippen molar-refractivity contribution in [2.24, 2.45) is 5.73 Å². The number of benzene rings is 2. The number of anilines is 1. The quantitative estimate of drug-likeness (QED) is 0.588. The van der Waals surface area contributed by atoms with Crippen molar-refractivity contribution in [3.8, 4) is 0 Å². The fourth-order valence-corrected chi connectivity index (χ4v) is 4.54. The molecule has 2 aromatic carbocycles. The van der Waals surface area contributed by atoms with Gasteiger partial charge in [-0.1, -0.05) is 19.1 Å². The summed E-state index contributed by atoms with van der Waals surface area (Å²) in [6.07, 6.45) is 3.61. The molecule has 1 fully saturated rings. The second kappa shape index (κ2) is 8.94. The zero-order valence-electron chi connectivity index (χ0n) is 15.9. The van der Waals surface area contributed by atoms with E-state index in [1.165, 1.54) is 37.1 Å². The van der Waals surface area contributed by atoms with E-state index < -0.39 is 17.8 Å². The lowest BCUT2D eigenvalue weighted by Gasteiger charge is -2.33. The van der Waals surface area contributed by atoms with Gasteiger partial charge >= 0.3 is 5.97 Å². The molecule has 6 heteroatoms. The molecule has 0 saturated carbocycles. The second-order valence-corrected chi connectivity index (χ2v) is 8.59. The SMILES string of the molecule is CC(c1cc(I)ccc1N1CCCCC1)C(C(N)=O)c1ccc(C(=O)O)cc1. The predicted octanol–water partition coefficient (Wildman–Crippen LogP) is 4.35. The molecule has 1 aliphatic heterocycles. The molecule has 1 heterocycles. The maximum atomic E-state index is 12.4. The van der Waals surface area contributed by atoms with Crippen molar-refractivity contribution in [2.75, 3.05) is 18.0 Å². The summed E-state index contributed by atoms with van der Waals surface area (Å²) in [5, 5.41) is 9.12. The molecule has 5 nitrogen and oxygen atoms in total. The van der Waals surface area contributed by atoms with E-state index in [4.69, 9.17) is 10.8 Å². The fraction of sp³-hybridized carbons (Fsp3) is 0.364. The molecule has 0 radical (unpaired) electrons. The number of carbonyl (C=O) groups excluding carboxylic acids is 1. The number of nitrogens with zero attached hydrogens (tertiary/aromatic N) is 1.